The Morgan fingerprint density at radius 3 is 2.52 bits per heavy atom. The Kier molecular flexibility index (Phi) is 7.42. The lowest BCUT2D eigenvalue weighted by atomic mass is 9.72. The van der Waals surface area contributed by atoms with E-state index in [9.17, 15) is 23.2 Å². The molecule has 0 radical (unpaired) electrons. The third-order valence-electron chi connectivity index (χ3n) is 5.61. The average molecular weight is 458 g/mol. The smallest absolute Gasteiger partial charge is 0.387 e. The van der Waals surface area contributed by atoms with E-state index in [1.807, 2.05) is 6.92 Å². The summed E-state index contributed by atoms with van der Waals surface area (Å²) in [5, 5.41) is 5.13. The number of hydrogen-bond acceptors (Lipinski definition) is 5. The van der Waals surface area contributed by atoms with Crippen LogP contribution in [0.4, 0.5) is 14.5 Å². The highest BCUT2D eigenvalue weighted by molar-refractivity contribution is 6.04. The van der Waals surface area contributed by atoms with Gasteiger partial charge in [0.1, 0.15) is 0 Å². The molecule has 174 valence electrons. The Labute approximate surface area is 189 Å². The van der Waals surface area contributed by atoms with E-state index < -0.39 is 17.9 Å². The van der Waals surface area contributed by atoms with Gasteiger partial charge in [-0.15, -0.1) is 0 Å². The van der Waals surface area contributed by atoms with Gasteiger partial charge in [0.25, 0.3) is 0 Å². The molecule has 1 fully saturated rings. The van der Waals surface area contributed by atoms with E-state index in [1.54, 1.807) is 24.3 Å². The minimum Gasteiger partial charge on any atom is -0.493 e. The molecule has 1 unspecified atom stereocenters. The number of methoxy groups -OCH3 is 1. The highest BCUT2D eigenvalue weighted by atomic mass is 19.3. The van der Waals surface area contributed by atoms with Crippen molar-refractivity contribution >= 4 is 29.5 Å². The van der Waals surface area contributed by atoms with Crippen molar-refractivity contribution in [2.45, 2.75) is 38.2 Å². The van der Waals surface area contributed by atoms with Gasteiger partial charge in [-0.2, -0.15) is 8.78 Å². The van der Waals surface area contributed by atoms with Crippen molar-refractivity contribution in [1.82, 2.24) is 5.32 Å². The summed E-state index contributed by atoms with van der Waals surface area (Å²) in [6, 6.07) is 11.3. The molecule has 1 aliphatic heterocycles. The fourth-order valence-electron chi connectivity index (χ4n) is 3.78. The molecule has 0 saturated carbocycles. The van der Waals surface area contributed by atoms with Crippen LogP contribution in [0.2, 0.25) is 0 Å². The van der Waals surface area contributed by atoms with Crippen LogP contribution in [0.5, 0.6) is 11.5 Å². The molecular formula is C24H24F2N2O5. The molecule has 9 heteroatoms. The van der Waals surface area contributed by atoms with Crippen molar-refractivity contribution in [3.05, 3.63) is 59.7 Å². The summed E-state index contributed by atoms with van der Waals surface area (Å²) in [5.41, 5.74) is 1.10. The van der Waals surface area contributed by atoms with Crippen LogP contribution in [0.15, 0.2) is 48.5 Å². The van der Waals surface area contributed by atoms with Gasteiger partial charge in [-0.3, -0.25) is 19.7 Å². The van der Waals surface area contributed by atoms with Gasteiger partial charge >= 0.3 is 6.61 Å². The first-order chi connectivity index (χ1) is 15.8. The molecular weight excluding hydrogens is 434 g/mol. The molecule has 0 bridgehead atoms. The number of rotatable bonds is 8. The van der Waals surface area contributed by atoms with E-state index in [0.29, 0.717) is 24.1 Å². The summed E-state index contributed by atoms with van der Waals surface area (Å²) in [7, 11) is 1.33. The Morgan fingerprint density at radius 2 is 1.91 bits per heavy atom. The summed E-state index contributed by atoms with van der Waals surface area (Å²) >= 11 is 0. The molecule has 1 aliphatic rings. The number of ether oxygens (including phenoxy) is 2. The quantitative estimate of drug-likeness (QED) is 0.460. The highest BCUT2D eigenvalue weighted by Gasteiger charge is 2.42. The van der Waals surface area contributed by atoms with Crippen LogP contribution < -0.4 is 20.1 Å². The van der Waals surface area contributed by atoms with E-state index in [2.05, 4.69) is 15.4 Å². The number of anilines is 1. The fraction of sp³-hybridized carbons (Fsp3) is 0.292. The molecule has 0 aromatic heterocycles. The van der Waals surface area contributed by atoms with Crippen LogP contribution in [-0.4, -0.2) is 31.4 Å². The first-order valence-corrected chi connectivity index (χ1v) is 10.3. The number of amides is 3. The molecule has 2 aromatic rings. The lowest BCUT2D eigenvalue weighted by Crippen LogP contribution is -2.51. The Morgan fingerprint density at radius 1 is 1.18 bits per heavy atom. The molecule has 3 rings (SSSR count). The fourth-order valence-corrected chi connectivity index (χ4v) is 3.78. The first-order valence-electron chi connectivity index (χ1n) is 10.3. The van der Waals surface area contributed by atoms with Crippen LogP contribution in [0.3, 0.4) is 0 Å². The number of nitrogens with one attached hydrogen (secondary N) is 2. The van der Waals surface area contributed by atoms with Gasteiger partial charge in [0.15, 0.2) is 11.5 Å². The van der Waals surface area contributed by atoms with Gasteiger partial charge in [-0.25, -0.2) is 0 Å². The van der Waals surface area contributed by atoms with Gasteiger partial charge < -0.3 is 14.8 Å². The molecule has 1 atom stereocenters. The number of carbonyl (C=O) groups is 3. The second kappa shape index (κ2) is 10.2. The van der Waals surface area contributed by atoms with Crippen LogP contribution in [0.25, 0.3) is 6.08 Å². The molecule has 0 spiro atoms. The Hall–Kier alpha value is -3.75. The first kappa shape index (κ1) is 23.9. The zero-order valence-corrected chi connectivity index (χ0v) is 18.2. The van der Waals surface area contributed by atoms with E-state index >= 15 is 0 Å². The van der Waals surface area contributed by atoms with Crippen molar-refractivity contribution in [3.8, 4) is 11.5 Å². The normalized spacial score (nSPS) is 18.3. The highest BCUT2D eigenvalue weighted by Crippen LogP contribution is 2.36. The number of carbonyl (C=O) groups excluding carboxylic acids is 3. The molecule has 2 N–H and O–H groups in total. The van der Waals surface area contributed by atoms with Crippen LogP contribution >= 0.6 is 0 Å². The van der Waals surface area contributed by atoms with E-state index in [0.717, 1.165) is 5.56 Å². The lowest BCUT2D eigenvalue weighted by Gasteiger charge is -2.35. The number of piperidine rings is 1. The van der Waals surface area contributed by atoms with Crippen LogP contribution in [-0.2, 0) is 19.8 Å². The lowest BCUT2D eigenvalue weighted by molar-refractivity contribution is -0.138. The van der Waals surface area contributed by atoms with Crippen LogP contribution in [0.1, 0.15) is 37.3 Å². The van der Waals surface area contributed by atoms with Crippen molar-refractivity contribution in [3.63, 3.8) is 0 Å². The van der Waals surface area contributed by atoms with Crippen molar-refractivity contribution in [2.75, 3.05) is 12.4 Å². The summed E-state index contributed by atoms with van der Waals surface area (Å²) in [6.45, 7) is -1.07. The zero-order chi connectivity index (χ0) is 24.0. The molecule has 33 heavy (non-hydrogen) atoms. The van der Waals surface area contributed by atoms with Gasteiger partial charge in [0.05, 0.1) is 12.5 Å². The van der Waals surface area contributed by atoms with Crippen molar-refractivity contribution in [2.24, 2.45) is 0 Å². The largest absolute Gasteiger partial charge is 0.493 e. The maximum atomic E-state index is 12.5. The molecule has 1 saturated heterocycles. The standard InChI is InChI=1S/C24H24F2N2O5/c1-3-24(13-12-21(30)28-22(24)31)16-6-8-17(9-7-16)27-20(29)11-5-15-4-10-18(33-23(25)26)19(14-15)32-2/h4-11,14,23H,3,12-13H2,1-2H3,(H,27,29)(H,28,30,31)/b11-5+. The summed E-state index contributed by atoms with van der Waals surface area (Å²) in [5.74, 6) is -0.961. The van der Waals surface area contributed by atoms with E-state index in [4.69, 9.17) is 4.74 Å². The zero-order valence-electron chi connectivity index (χ0n) is 18.2. The number of hydrogen-bond donors (Lipinski definition) is 2. The predicted octanol–water partition coefficient (Wildman–Crippen LogP) is 4.03. The van der Waals surface area contributed by atoms with Gasteiger partial charge in [-0.05, 0) is 54.3 Å². The average Bonchev–Trinajstić information content (AvgIpc) is 2.79. The minimum atomic E-state index is -2.97. The van der Waals surface area contributed by atoms with E-state index in [-0.39, 0.29) is 29.7 Å². The van der Waals surface area contributed by atoms with Crippen molar-refractivity contribution in [1.29, 1.82) is 0 Å². The summed E-state index contributed by atoms with van der Waals surface area (Å²) in [6.07, 6.45) is 4.07. The maximum Gasteiger partial charge on any atom is 0.387 e. The van der Waals surface area contributed by atoms with Gasteiger partial charge in [0.2, 0.25) is 17.7 Å². The van der Waals surface area contributed by atoms with E-state index in [1.165, 1.54) is 37.5 Å². The van der Waals surface area contributed by atoms with Crippen molar-refractivity contribution < 1.29 is 32.6 Å². The third kappa shape index (κ3) is 5.54. The molecule has 2 aromatic carbocycles. The topological polar surface area (TPSA) is 93.7 Å². The SMILES string of the molecule is CCC1(c2ccc(NC(=O)/C=C/c3ccc(OC(F)F)c(OC)c3)cc2)CCC(=O)NC1=O. The predicted molar refractivity (Wildman–Crippen MR) is 118 cm³/mol. The molecule has 0 aliphatic carbocycles. The summed E-state index contributed by atoms with van der Waals surface area (Å²) < 4.78 is 34.3. The molecule has 3 amide bonds. The van der Waals surface area contributed by atoms with Gasteiger partial charge in [-0.1, -0.05) is 25.1 Å². The number of halogens is 2. The molecule has 1 heterocycles. The summed E-state index contributed by atoms with van der Waals surface area (Å²) in [4.78, 5) is 36.3. The third-order valence-corrected chi connectivity index (χ3v) is 5.61. The monoisotopic (exact) mass is 458 g/mol. The van der Waals surface area contributed by atoms with Gasteiger partial charge in [0, 0.05) is 18.2 Å². The number of imide groups is 1. The molecule has 7 nitrogen and oxygen atoms in total. The number of benzene rings is 2. The number of alkyl halides is 2. The second-order valence-corrected chi connectivity index (χ2v) is 7.50. The minimum absolute atomic E-state index is 0.102. The van der Waals surface area contributed by atoms with Crippen LogP contribution in [0, 0.1) is 0 Å². The maximum absolute atomic E-state index is 12.5. The second-order valence-electron chi connectivity index (χ2n) is 7.50. The Balaban J connectivity index is 1.67. The Bertz CT molecular complexity index is 1070.